The summed E-state index contributed by atoms with van der Waals surface area (Å²) < 4.78 is 33.4. The molecule has 0 aromatic rings. The Balaban J connectivity index is 3.93. The third-order valence-electron chi connectivity index (χ3n) is 9.77. The zero-order valence-electron chi connectivity index (χ0n) is 33.9. The minimum atomic E-state index is -4.27. The van der Waals surface area contributed by atoms with Gasteiger partial charge in [0.15, 0.2) is 0 Å². The molecule has 0 aromatic carbocycles. The highest BCUT2D eigenvalue weighted by atomic mass is 31.2. The van der Waals surface area contributed by atoms with E-state index in [2.05, 4.69) is 13.8 Å². The highest BCUT2D eigenvalue weighted by molar-refractivity contribution is 7.47. The van der Waals surface area contributed by atoms with Gasteiger partial charge >= 0.3 is 13.8 Å². The maximum absolute atomic E-state index is 12.6. The molecule has 0 aliphatic carbocycles. The molecule has 2 atom stereocenters. The van der Waals surface area contributed by atoms with Crippen molar-refractivity contribution in [1.29, 1.82) is 0 Å². The molecule has 0 rings (SSSR count). The first-order valence-corrected chi connectivity index (χ1v) is 23.5. The molecule has 0 spiro atoms. The van der Waals surface area contributed by atoms with Gasteiger partial charge in [-0.1, -0.05) is 206 Å². The van der Waals surface area contributed by atoms with Crippen LogP contribution < -0.4 is 5.73 Å². The summed E-state index contributed by atoms with van der Waals surface area (Å²) in [5.41, 5.74) is 5.37. The predicted molar refractivity (Wildman–Crippen MR) is 215 cm³/mol. The highest BCUT2D eigenvalue weighted by Gasteiger charge is 2.25. The van der Waals surface area contributed by atoms with Gasteiger partial charge in [-0.05, 0) is 12.8 Å². The molecule has 0 aliphatic rings. The maximum atomic E-state index is 12.6. The largest absolute Gasteiger partial charge is 0.472 e. The first-order chi connectivity index (χ1) is 24.9. The van der Waals surface area contributed by atoms with E-state index in [0.29, 0.717) is 13.0 Å². The SMILES string of the molecule is CCCCCCCCCCCCCCCCCCCCCOCC(COP(=O)(O)OCCN)OC(=O)CCCCCCCCCCCCCCC. The number of carbonyl (C=O) groups excluding carboxylic acids is 1. The van der Waals surface area contributed by atoms with E-state index in [9.17, 15) is 14.3 Å². The summed E-state index contributed by atoms with van der Waals surface area (Å²) in [7, 11) is -4.27. The number of carbonyl (C=O) groups is 1. The molecule has 0 saturated carbocycles. The minimum Gasteiger partial charge on any atom is -0.457 e. The standard InChI is InChI=1S/C42H86NO7P/c1-3-5-7-9-11-13-15-17-18-19-20-21-22-24-26-28-30-32-34-37-47-39-41(40-49-51(45,46)48-38-36-43)50-42(44)35-33-31-29-27-25-23-16-14-12-10-8-6-4-2/h41H,3-40,43H2,1-2H3,(H,45,46). The summed E-state index contributed by atoms with van der Waals surface area (Å²) in [5, 5.41) is 0. The number of phosphoric acid groups is 1. The molecule has 3 N–H and O–H groups in total. The second-order valence-corrected chi connectivity index (χ2v) is 16.4. The van der Waals surface area contributed by atoms with Crippen LogP contribution in [0.3, 0.4) is 0 Å². The van der Waals surface area contributed by atoms with Crippen LogP contribution in [0, 0.1) is 0 Å². The summed E-state index contributed by atoms with van der Waals surface area (Å²) in [4.78, 5) is 22.4. The van der Waals surface area contributed by atoms with E-state index in [4.69, 9.17) is 24.3 Å². The Kier molecular flexibility index (Phi) is 40.3. The van der Waals surface area contributed by atoms with Gasteiger partial charge in [-0.15, -0.1) is 0 Å². The van der Waals surface area contributed by atoms with Gasteiger partial charge in [0, 0.05) is 19.6 Å². The molecule has 0 heterocycles. The van der Waals surface area contributed by atoms with Crippen LogP contribution in [0.15, 0.2) is 0 Å². The van der Waals surface area contributed by atoms with E-state index in [-0.39, 0.29) is 32.3 Å². The molecule has 8 nitrogen and oxygen atoms in total. The van der Waals surface area contributed by atoms with Crippen LogP contribution in [0.2, 0.25) is 0 Å². The molecule has 0 aliphatic heterocycles. The van der Waals surface area contributed by atoms with Crippen molar-refractivity contribution in [3.05, 3.63) is 0 Å². The molecule has 306 valence electrons. The number of hydrogen-bond acceptors (Lipinski definition) is 7. The molecule has 0 fully saturated rings. The van der Waals surface area contributed by atoms with Gasteiger partial charge in [-0.2, -0.15) is 0 Å². The second-order valence-electron chi connectivity index (χ2n) is 14.9. The van der Waals surface area contributed by atoms with Crippen molar-refractivity contribution in [3.63, 3.8) is 0 Å². The number of ether oxygens (including phenoxy) is 2. The van der Waals surface area contributed by atoms with Crippen molar-refractivity contribution < 1.29 is 32.8 Å². The lowest BCUT2D eigenvalue weighted by atomic mass is 10.0. The fourth-order valence-corrected chi connectivity index (χ4v) is 7.29. The lowest BCUT2D eigenvalue weighted by Crippen LogP contribution is -2.28. The lowest BCUT2D eigenvalue weighted by Gasteiger charge is -2.20. The molecule has 0 radical (unpaired) electrons. The summed E-state index contributed by atoms with van der Waals surface area (Å²) in [6, 6.07) is 0. The van der Waals surface area contributed by atoms with Gasteiger partial charge in [0.1, 0.15) is 6.10 Å². The molecule has 2 unspecified atom stereocenters. The fraction of sp³-hybridized carbons (Fsp3) is 0.976. The van der Waals surface area contributed by atoms with Crippen LogP contribution in [0.4, 0.5) is 0 Å². The summed E-state index contributed by atoms with van der Waals surface area (Å²) >= 11 is 0. The van der Waals surface area contributed by atoms with Crippen LogP contribution in [-0.2, 0) is 27.9 Å². The van der Waals surface area contributed by atoms with Crippen molar-refractivity contribution in [2.45, 2.75) is 232 Å². The number of rotatable bonds is 43. The zero-order valence-corrected chi connectivity index (χ0v) is 34.8. The zero-order chi connectivity index (χ0) is 37.4. The molecule has 51 heavy (non-hydrogen) atoms. The smallest absolute Gasteiger partial charge is 0.457 e. The molecular weight excluding hydrogens is 661 g/mol. The fourth-order valence-electron chi connectivity index (χ4n) is 6.53. The Bertz CT molecular complexity index is 757. The monoisotopic (exact) mass is 748 g/mol. The normalized spacial score (nSPS) is 13.4. The minimum absolute atomic E-state index is 0.0901. The van der Waals surface area contributed by atoms with Gasteiger partial charge in [0.05, 0.1) is 19.8 Å². The van der Waals surface area contributed by atoms with Gasteiger partial charge in [-0.3, -0.25) is 13.8 Å². The quantitative estimate of drug-likeness (QED) is 0.0360. The van der Waals surface area contributed by atoms with Crippen molar-refractivity contribution >= 4 is 13.8 Å². The van der Waals surface area contributed by atoms with Crippen molar-refractivity contribution in [3.8, 4) is 0 Å². The van der Waals surface area contributed by atoms with E-state index >= 15 is 0 Å². The van der Waals surface area contributed by atoms with Crippen LogP contribution in [-0.4, -0.2) is 49.9 Å². The van der Waals surface area contributed by atoms with Gasteiger partial charge in [-0.25, -0.2) is 4.57 Å². The second kappa shape index (κ2) is 40.7. The summed E-state index contributed by atoms with van der Waals surface area (Å²) in [6.07, 6.45) is 41.2. The number of hydrogen-bond donors (Lipinski definition) is 2. The Hall–Kier alpha value is -0.500. The van der Waals surface area contributed by atoms with Crippen LogP contribution in [0.25, 0.3) is 0 Å². The summed E-state index contributed by atoms with van der Waals surface area (Å²) in [5.74, 6) is -0.325. The van der Waals surface area contributed by atoms with E-state index in [0.717, 1.165) is 32.1 Å². The third kappa shape index (κ3) is 40.5. The predicted octanol–water partition coefficient (Wildman–Crippen LogP) is 12.9. The lowest BCUT2D eigenvalue weighted by molar-refractivity contribution is -0.154. The molecule has 0 aromatic heterocycles. The van der Waals surface area contributed by atoms with E-state index in [1.807, 2.05) is 0 Å². The van der Waals surface area contributed by atoms with Gasteiger partial charge in [0.2, 0.25) is 0 Å². The van der Waals surface area contributed by atoms with Gasteiger partial charge in [0.25, 0.3) is 0 Å². The first kappa shape index (κ1) is 50.5. The molecular formula is C42H86NO7P. The average Bonchev–Trinajstić information content (AvgIpc) is 3.12. The van der Waals surface area contributed by atoms with Crippen LogP contribution >= 0.6 is 7.82 Å². The first-order valence-electron chi connectivity index (χ1n) is 22.0. The molecule has 0 amide bonds. The van der Waals surface area contributed by atoms with Crippen molar-refractivity contribution in [2.75, 3.05) is 33.0 Å². The number of phosphoric ester groups is 1. The Morgan fingerprint density at radius 2 is 0.863 bits per heavy atom. The van der Waals surface area contributed by atoms with Crippen molar-refractivity contribution in [1.82, 2.24) is 0 Å². The molecule has 9 heteroatoms. The van der Waals surface area contributed by atoms with Crippen LogP contribution in [0.1, 0.15) is 226 Å². The maximum Gasteiger partial charge on any atom is 0.472 e. The Morgan fingerprint density at radius 3 is 1.24 bits per heavy atom. The third-order valence-corrected chi connectivity index (χ3v) is 10.8. The van der Waals surface area contributed by atoms with E-state index in [1.54, 1.807) is 0 Å². The number of nitrogens with two attached hydrogens (primary N) is 1. The average molecular weight is 748 g/mol. The summed E-state index contributed by atoms with van der Waals surface area (Å²) in [6.45, 7) is 4.98. The Morgan fingerprint density at radius 1 is 0.510 bits per heavy atom. The molecule has 0 saturated heterocycles. The highest BCUT2D eigenvalue weighted by Crippen LogP contribution is 2.43. The van der Waals surface area contributed by atoms with Crippen LogP contribution in [0.5, 0.6) is 0 Å². The van der Waals surface area contributed by atoms with Gasteiger partial charge < -0.3 is 20.1 Å². The van der Waals surface area contributed by atoms with E-state index in [1.165, 1.54) is 173 Å². The van der Waals surface area contributed by atoms with Crippen molar-refractivity contribution in [2.24, 2.45) is 5.73 Å². The topological polar surface area (TPSA) is 117 Å². The van der Waals surface area contributed by atoms with E-state index < -0.39 is 13.9 Å². The number of unbranched alkanes of at least 4 members (excludes halogenated alkanes) is 30. The Labute approximate surface area is 316 Å². The molecule has 0 bridgehead atoms. The number of esters is 1.